The zero-order valence-corrected chi connectivity index (χ0v) is 69.6. The van der Waals surface area contributed by atoms with Crippen LogP contribution in [-0.2, 0) is 65.6 Å². The molecule has 3 amide bonds. The molecule has 0 radical (unpaired) electrons. The van der Waals surface area contributed by atoms with E-state index in [9.17, 15) is 53.9 Å². The summed E-state index contributed by atoms with van der Waals surface area (Å²) >= 11 is 0. The smallest absolute Gasteiger partial charge is 0.418 e. The molecule has 3 aromatic carbocycles. The molecule has 9 aliphatic heterocycles. The van der Waals surface area contributed by atoms with Crippen LogP contribution in [0.25, 0.3) is 14.5 Å². The lowest BCUT2D eigenvalue weighted by atomic mass is 10.0. The van der Waals surface area contributed by atoms with Crippen molar-refractivity contribution in [3.8, 4) is 18.0 Å². The Bertz CT molecular complexity index is 4990. The predicted octanol–water partition coefficient (Wildman–Crippen LogP) is 10.7. The van der Waals surface area contributed by atoms with Gasteiger partial charge in [0.2, 0.25) is 37.4 Å². The second-order valence-corrected chi connectivity index (χ2v) is 32.2. The number of amides is 3. The fourth-order valence-electron chi connectivity index (χ4n) is 18.0. The maximum Gasteiger partial charge on any atom is 0.418 e. The normalized spacial score (nSPS) is 21.3. The standard InChI is InChI=1S/2C29H33F4N7O2.C29H36FN7O2/c1-4-25(41)40-14-13-39(16-20(40)15-34-2)27-21-10-12-38(26-22(29(31,32)33)8-5-9-23(26)30)17-24(21)35-28(36-27)42-18-19-7-6-11-37(19)3;1-4-26(41)40-13-12-39(16-21(40)15-34-2)27-22-9-11-38(25-8-7-19(30)14-23(25)29(31,32)33)17-24(22)35-28(36-27)42-18-20-6-5-10-37(20)3;1-5-27(38)37-15-14-36(17-22(37)16-31-3)28-23-11-13-35(26-10-6-9-24(30)20(26)2)18-25(23)32-29(33-28)39-19-21-8-7-12-34(21)4/h4-5,8-9,19-20H,1,6-7,10-18H2,3H3;4,7-8,14,20-21H,1,5-6,9-13,15-18H2,3H3;5-6,9-10,21-22H,1,7-8,11-19H2,2,4H3/t19-,20?;20-,21?;21-,22?/m000/s1. The summed E-state index contributed by atoms with van der Waals surface area (Å²) in [5, 5.41) is 0. The van der Waals surface area contributed by atoms with Crippen molar-refractivity contribution in [1.29, 1.82) is 0 Å². The number of carbonyl (C=O) groups is 3. The van der Waals surface area contributed by atoms with Gasteiger partial charge in [0, 0.05) is 130 Å². The fourth-order valence-corrected chi connectivity index (χ4v) is 18.0. The number of likely N-dealkylation sites (tertiary alicyclic amines) is 3. The van der Waals surface area contributed by atoms with Crippen molar-refractivity contribution in [3.05, 3.63) is 195 Å². The summed E-state index contributed by atoms with van der Waals surface area (Å²) in [6.45, 7) is 44.9. The summed E-state index contributed by atoms with van der Waals surface area (Å²) in [7, 11) is 6.16. The minimum Gasteiger partial charge on any atom is -0.462 e. The summed E-state index contributed by atoms with van der Waals surface area (Å²) in [6.07, 6.45) is 1.96. The average Bonchev–Trinajstić information content (AvgIpc) is 1.01. The van der Waals surface area contributed by atoms with Crippen LogP contribution in [0.1, 0.15) is 89.0 Å². The number of carbonyl (C=O) groups excluding carboxylic acids is 3. The molecule has 654 valence electrons. The van der Waals surface area contributed by atoms with Crippen LogP contribution in [0, 0.1) is 44.1 Å². The molecule has 3 unspecified atom stereocenters. The lowest BCUT2D eigenvalue weighted by Crippen LogP contribution is -2.56. The van der Waals surface area contributed by atoms with Crippen LogP contribution in [-0.4, -0.2) is 272 Å². The summed E-state index contributed by atoms with van der Waals surface area (Å²) in [5.41, 5.74) is 3.25. The molecular formula is C87H102F9N21O6. The number of alkyl halides is 6. The van der Waals surface area contributed by atoms with Gasteiger partial charge in [-0.3, -0.25) is 14.4 Å². The number of benzene rings is 3. The molecule has 6 saturated heterocycles. The lowest BCUT2D eigenvalue weighted by Gasteiger charge is -2.41. The number of aromatic nitrogens is 6. The zero-order chi connectivity index (χ0) is 87.6. The van der Waals surface area contributed by atoms with Gasteiger partial charge in [0.15, 0.2) is 0 Å². The number of anilines is 6. The van der Waals surface area contributed by atoms with Gasteiger partial charge in [0.05, 0.1) is 53.5 Å². The van der Waals surface area contributed by atoms with Crippen LogP contribution in [0.2, 0.25) is 0 Å². The molecule has 6 atom stereocenters. The molecule has 36 heteroatoms. The Kier molecular flexibility index (Phi) is 28.5. The Morgan fingerprint density at radius 1 is 0.447 bits per heavy atom. The molecule has 0 N–H and O–H groups in total. The van der Waals surface area contributed by atoms with E-state index >= 15 is 0 Å². The number of halogens is 9. The summed E-state index contributed by atoms with van der Waals surface area (Å²) in [4.78, 5) is 99.5. The van der Waals surface area contributed by atoms with Crippen molar-refractivity contribution in [3.63, 3.8) is 0 Å². The molecule has 3 aromatic heterocycles. The SMILES string of the molecule is [C-]#[N+]CC1CN(c2nc(OC[C@@H]3CCCN3C)nc3c2CCN(c2c(F)cccc2C(F)(F)F)C3)CCN1C(=O)C=C.[C-]#[N+]CC1CN(c2nc(OC[C@@H]3CCCN3C)nc3c2CCN(c2ccc(F)cc2C(F)(F)F)C3)CCN1C(=O)C=C.[C-]#[N+]CC1CN(c2nc(OC[C@@H]3CCCN3C)nc3c2CCN(c2cccc(F)c2C)C3)CCN1C(=O)C=C. The Morgan fingerprint density at radius 3 is 1.18 bits per heavy atom. The van der Waals surface area contributed by atoms with Gasteiger partial charge in [-0.05, 0) is 166 Å². The molecule has 15 rings (SSSR count). The highest BCUT2D eigenvalue weighted by Crippen LogP contribution is 2.44. The van der Waals surface area contributed by atoms with Crippen molar-refractivity contribution in [1.82, 2.24) is 59.3 Å². The van der Waals surface area contributed by atoms with E-state index in [0.717, 1.165) is 122 Å². The number of hydrogen-bond donors (Lipinski definition) is 0. The number of fused-ring (bicyclic) bond motifs is 3. The highest BCUT2D eigenvalue weighted by molar-refractivity contribution is 5.89. The molecule has 0 bridgehead atoms. The molecule has 123 heavy (non-hydrogen) atoms. The molecular weight excluding hydrogens is 1610 g/mol. The first-order valence-corrected chi connectivity index (χ1v) is 41.5. The first kappa shape index (κ1) is 89.2. The monoisotopic (exact) mass is 1710 g/mol. The number of likely N-dealkylation sites (N-methyl/N-ethyl adjacent to an activating group) is 3. The maximum absolute atomic E-state index is 14.9. The van der Waals surface area contributed by atoms with E-state index in [4.69, 9.17) is 53.9 Å². The van der Waals surface area contributed by atoms with Crippen molar-refractivity contribution in [2.75, 3.05) is 188 Å². The van der Waals surface area contributed by atoms with Gasteiger partial charge in [0.25, 0.3) is 0 Å². The first-order chi connectivity index (χ1) is 59.1. The van der Waals surface area contributed by atoms with Gasteiger partial charge in [0.1, 0.15) is 72.9 Å². The average molecular weight is 1710 g/mol. The lowest BCUT2D eigenvalue weighted by molar-refractivity contribution is -0.138. The Balaban J connectivity index is 0.000000159. The minimum absolute atomic E-state index is 0.0552. The quantitative estimate of drug-likeness (QED) is 0.0373. The fraction of sp³-hybridized carbons (Fsp3) is 0.517. The van der Waals surface area contributed by atoms with Crippen LogP contribution in [0.5, 0.6) is 18.0 Å². The molecule has 6 fully saturated rings. The maximum atomic E-state index is 14.9. The van der Waals surface area contributed by atoms with Crippen molar-refractivity contribution in [2.24, 2.45) is 0 Å². The Morgan fingerprint density at radius 2 is 0.813 bits per heavy atom. The summed E-state index contributed by atoms with van der Waals surface area (Å²) < 4.78 is 144. The van der Waals surface area contributed by atoms with Gasteiger partial charge in [-0.1, -0.05) is 31.9 Å². The number of hydrogen-bond acceptors (Lipinski definition) is 21. The molecule has 9 aliphatic rings. The van der Waals surface area contributed by atoms with E-state index in [0.29, 0.717) is 151 Å². The third-order valence-corrected chi connectivity index (χ3v) is 24.7. The molecule has 0 spiro atoms. The number of ether oxygens (including phenoxy) is 3. The van der Waals surface area contributed by atoms with E-state index in [2.05, 4.69) is 75.8 Å². The third-order valence-electron chi connectivity index (χ3n) is 24.7. The first-order valence-electron chi connectivity index (χ1n) is 41.5. The molecule has 12 heterocycles. The second kappa shape index (κ2) is 39.3. The van der Waals surface area contributed by atoms with Crippen LogP contribution in [0.3, 0.4) is 0 Å². The van der Waals surface area contributed by atoms with E-state index in [1.54, 1.807) is 32.6 Å². The van der Waals surface area contributed by atoms with Crippen molar-refractivity contribution >= 4 is 52.2 Å². The van der Waals surface area contributed by atoms with Crippen molar-refractivity contribution in [2.45, 2.75) is 133 Å². The number of nitrogens with zero attached hydrogens (tertiary/aromatic N) is 21. The minimum atomic E-state index is -4.73. The summed E-state index contributed by atoms with van der Waals surface area (Å²) in [6, 6.07) is 11.1. The summed E-state index contributed by atoms with van der Waals surface area (Å²) in [5.74, 6) is -0.789. The third kappa shape index (κ3) is 20.5. The Hall–Kier alpha value is -11.6. The second-order valence-electron chi connectivity index (χ2n) is 32.2. The molecule has 0 saturated carbocycles. The van der Waals surface area contributed by atoms with Gasteiger partial charge < -0.3 is 87.5 Å². The topological polar surface area (TPSA) is 208 Å². The largest absolute Gasteiger partial charge is 0.462 e. The highest BCUT2D eigenvalue weighted by atomic mass is 19.4. The van der Waals surface area contributed by atoms with Gasteiger partial charge >= 0.3 is 30.4 Å². The van der Waals surface area contributed by atoms with E-state index < -0.39 is 46.8 Å². The number of para-hydroxylation sites is 1. The highest BCUT2D eigenvalue weighted by Gasteiger charge is 2.43. The molecule has 27 nitrogen and oxygen atoms in total. The Labute approximate surface area is 710 Å². The van der Waals surface area contributed by atoms with E-state index in [-0.39, 0.29) is 118 Å². The van der Waals surface area contributed by atoms with E-state index in [1.807, 2.05) is 30.0 Å². The molecule has 0 aliphatic carbocycles. The zero-order valence-electron chi connectivity index (χ0n) is 69.6. The molecule has 6 aromatic rings. The van der Waals surface area contributed by atoms with Gasteiger partial charge in [-0.2, -0.15) is 56.2 Å². The number of rotatable bonds is 21. The predicted molar refractivity (Wildman–Crippen MR) is 446 cm³/mol. The number of piperazine rings is 3. The van der Waals surface area contributed by atoms with Crippen LogP contribution < -0.4 is 43.6 Å². The van der Waals surface area contributed by atoms with Gasteiger partial charge in [-0.25, -0.2) is 32.9 Å². The van der Waals surface area contributed by atoms with E-state index in [1.165, 1.54) is 29.2 Å². The van der Waals surface area contributed by atoms with Crippen LogP contribution >= 0.6 is 0 Å². The van der Waals surface area contributed by atoms with Crippen LogP contribution in [0.15, 0.2) is 92.6 Å². The van der Waals surface area contributed by atoms with Gasteiger partial charge in [-0.15, -0.1) is 0 Å². The van der Waals surface area contributed by atoms with Crippen molar-refractivity contribution < 1.29 is 68.1 Å². The van der Waals surface area contributed by atoms with Crippen LogP contribution in [0.4, 0.5) is 74.0 Å².